The van der Waals surface area contributed by atoms with Crippen LogP contribution in [0.15, 0.2) is 0 Å². The lowest BCUT2D eigenvalue weighted by molar-refractivity contribution is 0.246. The molecule has 1 heterocycles. The van der Waals surface area contributed by atoms with E-state index in [1.807, 2.05) is 0 Å². The lowest BCUT2D eigenvalue weighted by atomic mass is 9.85. The summed E-state index contributed by atoms with van der Waals surface area (Å²) < 4.78 is 0. The van der Waals surface area contributed by atoms with Gasteiger partial charge in [0.2, 0.25) is 0 Å². The maximum atomic E-state index is 6.22. The fraction of sp³-hybridized carbons (Fsp3) is 1.00. The molecule has 1 saturated carbocycles. The molecule has 2 heteroatoms. The minimum Gasteiger partial charge on any atom is -0.327 e. The molecule has 3 atom stereocenters. The molecule has 2 fully saturated rings. The van der Waals surface area contributed by atoms with Gasteiger partial charge in [0.25, 0.3) is 0 Å². The monoisotopic (exact) mass is 224 g/mol. The number of hydrogen-bond acceptors (Lipinski definition) is 2. The zero-order valence-electron chi connectivity index (χ0n) is 11.2. The largest absolute Gasteiger partial charge is 0.327 e. The van der Waals surface area contributed by atoms with Crippen LogP contribution >= 0.6 is 0 Å². The second kappa shape index (κ2) is 4.66. The summed E-state index contributed by atoms with van der Waals surface area (Å²) in [5, 5.41) is 0. The van der Waals surface area contributed by atoms with Crippen LogP contribution in [-0.4, -0.2) is 30.6 Å². The third-order valence-corrected chi connectivity index (χ3v) is 4.67. The van der Waals surface area contributed by atoms with E-state index >= 15 is 0 Å². The summed E-state index contributed by atoms with van der Waals surface area (Å²) in [4.78, 5) is 2.65. The van der Waals surface area contributed by atoms with Gasteiger partial charge in [-0.1, -0.05) is 27.2 Å². The molecule has 94 valence electrons. The summed E-state index contributed by atoms with van der Waals surface area (Å²) in [7, 11) is 0. The predicted molar refractivity (Wildman–Crippen MR) is 69.3 cm³/mol. The zero-order chi connectivity index (χ0) is 11.8. The van der Waals surface area contributed by atoms with Gasteiger partial charge in [0.1, 0.15) is 0 Å². The summed E-state index contributed by atoms with van der Waals surface area (Å²) >= 11 is 0. The van der Waals surface area contributed by atoms with Gasteiger partial charge < -0.3 is 10.6 Å². The van der Waals surface area contributed by atoms with Crippen molar-refractivity contribution in [2.75, 3.05) is 19.6 Å². The Bertz CT molecular complexity index is 219. The molecule has 16 heavy (non-hydrogen) atoms. The summed E-state index contributed by atoms with van der Waals surface area (Å²) in [6, 6.07) is 0.341. The Morgan fingerprint density at radius 2 is 1.75 bits per heavy atom. The minimum atomic E-state index is 0.260. The molecule has 1 saturated heterocycles. The van der Waals surface area contributed by atoms with Gasteiger partial charge >= 0.3 is 0 Å². The molecule has 0 aromatic rings. The Hall–Kier alpha value is -0.0800. The van der Waals surface area contributed by atoms with Gasteiger partial charge in [-0.05, 0) is 43.1 Å². The van der Waals surface area contributed by atoms with Crippen LogP contribution in [0.3, 0.4) is 0 Å². The third-order valence-electron chi connectivity index (χ3n) is 4.67. The highest BCUT2D eigenvalue weighted by Gasteiger charge is 2.36. The summed E-state index contributed by atoms with van der Waals surface area (Å²) in [5.74, 6) is 2.04. The number of hydrogen-bond donors (Lipinski definition) is 1. The molecule has 2 rings (SSSR count). The van der Waals surface area contributed by atoms with Crippen LogP contribution in [0, 0.1) is 17.3 Å². The van der Waals surface area contributed by atoms with Crippen LogP contribution in [0.4, 0.5) is 0 Å². The Labute approximate surface area is 101 Å². The number of rotatable bonds is 3. The molecule has 3 unspecified atom stereocenters. The lowest BCUT2D eigenvalue weighted by Gasteiger charge is -2.29. The van der Waals surface area contributed by atoms with Crippen molar-refractivity contribution in [3.8, 4) is 0 Å². The Balaban J connectivity index is 1.72. The molecule has 0 radical (unpaired) electrons. The van der Waals surface area contributed by atoms with E-state index in [0.29, 0.717) is 6.04 Å². The Morgan fingerprint density at radius 3 is 2.25 bits per heavy atom. The molecule has 1 aliphatic heterocycles. The Morgan fingerprint density at radius 1 is 1.19 bits per heavy atom. The standard InChI is InChI=1S/C14H28N2/c1-14(2,3)13(15)7-8-16-9-11-5-4-6-12(11)10-16/h11-13H,4-10,15H2,1-3H3. The molecule has 0 bridgehead atoms. The van der Waals surface area contributed by atoms with Gasteiger partial charge in [-0.3, -0.25) is 0 Å². The van der Waals surface area contributed by atoms with E-state index in [0.717, 1.165) is 18.3 Å². The van der Waals surface area contributed by atoms with Crippen LogP contribution in [0.1, 0.15) is 46.5 Å². The zero-order valence-corrected chi connectivity index (χ0v) is 11.2. The van der Waals surface area contributed by atoms with Gasteiger partial charge in [-0.15, -0.1) is 0 Å². The average Bonchev–Trinajstić information content (AvgIpc) is 2.71. The van der Waals surface area contributed by atoms with Crippen molar-refractivity contribution in [1.29, 1.82) is 0 Å². The van der Waals surface area contributed by atoms with E-state index in [1.165, 1.54) is 38.9 Å². The van der Waals surface area contributed by atoms with Crippen molar-refractivity contribution in [3.63, 3.8) is 0 Å². The molecular weight excluding hydrogens is 196 g/mol. The van der Waals surface area contributed by atoms with E-state index in [-0.39, 0.29) is 5.41 Å². The second-order valence-electron chi connectivity index (χ2n) is 6.97. The minimum absolute atomic E-state index is 0.260. The van der Waals surface area contributed by atoms with Crippen molar-refractivity contribution in [1.82, 2.24) is 4.90 Å². The number of fused-ring (bicyclic) bond motifs is 1. The fourth-order valence-electron chi connectivity index (χ4n) is 3.27. The van der Waals surface area contributed by atoms with Gasteiger partial charge in [0, 0.05) is 19.1 Å². The van der Waals surface area contributed by atoms with Crippen molar-refractivity contribution >= 4 is 0 Å². The third kappa shape index (κ3) is 2.78. The highest BCUT2D eigenvalue weighted by Crippen LogP contribution is 2.37. The molecule has 2 N–H and O–H groups in total. The first-order valence-electron chi connectivity index (χ1n) is 6.95. The van der Waals surface area contributed by atoms with Crippen molar-refractivity contribution in [3.05, 3.63) is 0 Å². The van der Waals surface area contributed by atoms with Crippen molar-refractivity contribution < 1.29 is 0 Å². The van der Waals surface area contributed by atoms with Crippen LogP contribution in [0.5, 0.6) is 0 Å². The van der Waals surface area contributed by atoms with E-state index in [4.69, 9.17) is 5.73 Å². The smallest absolute Gasteiger partial charge is 0.00998 e. The highest BCUT2D eigenvalue weighted by molar-refractivity contribution is 4.89. The fourth-order valence-corrected chi connectivity index (χ4v) is 3.27. The second-order valence-corrected chi connectivity index (χ2v) is 6.97. The van der Waals surface area contributed by atoms with E-state index < -0.39 is 0 Å². The van der Waals surface area contributed by atoms with Crippen LogP contribution in [-0.2, 0) is 0 Å². The first kappa shape index (κ1) is 12.4. The lowest BCUT2D eigenvalue weighted by Crippen LogP contribution is -2.38. The number of likely N-dealkylation sites (tertiary alicyclic amines) is 1. The normalized spacial score (nSPS) is 33.0. The number of nitrogens with two attached hydrogens (primary N) is 1. The first-order valence-corrected chi connectivity index (χ1v) is 6.95. The van der Waals surface area contributed by atoms with Crippen LogP contribution in [0.2, 0.25) is 0 Å². The van der Waals surface area contributed by atoms with Crippen LogP contribution in [0.25, 0.3) is 0 Å². The molecule has 0 aromatic carbocycles. The average molecular weight is 224 g/mol. The van der Waals surface area contributed by atoms with Crippen LogP contribution < -0.4 is 5.73 Å². The molecule has 2 aliphatic rings. The molecule has 2 nitrogen and oxygen atoms in total. The first-order chi connectivity index (χ1) is 7.47. The SMILES string of the molecule is CC(C)(C)C(N)CCN1CC2CCCC2C1. The Kier molecular flexibility index (Phi) is 3.60. The maximum Gasteiger partial charge on any atom is 0.00998 e. The van der Waals surface area contributed by atoms with E-state index in [1.54, 1.807) is 0 Å². The van der Waals surface area contributed by atoms with Crippen molar-refractivity contribution in [2.45, 2.75) is 52.5 Å². The predicted octanol–water partition coefficient (Wildman–Crippen LogP) is 2.48. The number of nitrogens with zero attached hydrogens (tertiary/aromatic N) is 1. The van der Waals surface area contributed by atoms with Gasteiger partial charge in [0.15, 0.2) is 0 Å². The molecule has 0 spiro atoms. The topological polar surface area (TPSA) is 29.3 Å². The molecule has 0 aromatic heterocycles. The van der Waals surface area contributed by atoms with E-state index in [9.17, 15) is 0 Å². The summed E-state index contributed by atoms with van der Waals surface area (Å²) in [6.07, 6.45) is 5.59. The molecule has 0 amide bonds. The van der Waals surface area contributed by atoms with Gasteiger partial charge in [-0.2, -0.15) is 0 Å². The maximum absolute atomic E-state index is 6.22. The van der Waals surface area contributed by atoms with Crippen molar-refractivity contribution in [2.24, 2.45) is 23.0 Å². The van der Waals surface area contributed by atoms with E-state index in [2.05, 4.69) is 25.7 Å². The highest BCUT2D eigenvalue weighted by atomic mass is 15.2. The summed E-state index contributed by atoms with van der Waals surface area (Å²) in [5.41, 5.74) is 6.48. The molecule has 1 aliphatic carbocycles. The van der Waals surface area contributed by atoms with Gasteiger partial charge in [0.05, 0.1) is 0 Å². The quantitative estimate of drug-likeness (QED) is 0.798. The molecular formula is C14H28N2. The summed E-state index contributed by atoms with van der Waals surface area (Å²) in [6.45, 7) is 10.7. The van der Waals surface area contributed by atoms with Gasteiger partial charge in [-0.25, -0.2) is 0 Å².